The fourth-order valence-corrected chi connectivity index (χ4v) is 1.11. The molecule has 0 fully saturated rings. The number of carboxylic acid groups (broad SMARTS) is 1. The van der Waals surface area contributed by atoms with Crippen LogP contribution in [0, 0.1) is 0 Å². The van der Waals surface area contributed by atoms with Gasteiger partial charge in [-0.15, -0.1) is 0 Å². The SMILES string of the molecule is O=C(O)c1ccc(CC(F)C(F)(F)F)cc1. The molecule has 88 valence electrons. The van der Waals surface area contributed by atoms with Crippen LogP contribution in [-0.4, -0.2) is 23.4 Å². The molecule has 1 aromatic rings. The minimum atomic E-state index is -4.88. The quantitative estimate of drug-likeness (QED) is 0.819. The Morgan fingerprint density at radius 1 is 1.25 bits per heavy atom. The van der Waals surface area contributed by atoms with E-state index in [1.165, 1.54) is 12.1 Å². The molecule has 0 aliphatic rings. The van der Waals surface area contributed by atoms with Gasteiger partial charge in [-0.05, 0) is 17.7 Å². The van der Waals surface area contributed by atoms with Gasteiger partial charge in [-0.1, -0.05) is 12.1 Å². The number of aromatic carboxylic acids is 1. The third kappa shape index (κ3) is 3.22. The van der Waals surface area contributed by atoms with Crippen LogP contribution in [-0.2, 0) is 6.42 Å². The van der Waals surface area contributed by atoms with E-state index in [4.69, 9.17) is 5.11 Å². The summed E-state index contributed by atoms with van der Waals surface area (Å²) in [7, 11) is 0. The van der Waals surface area contributed by atoms with Crippen molar-refractivity contribution in [2.75, 3.05) is 0 Å². The maximum atomic E-state index is 12.6. The van der Waals surface area contributed by atoms with Crippen LogP contribution in [0.2, 0.25) is 0 Å². The van der Waals surface area contributed by atoms with Gasteiger partial charge in [0.05, 0.1) is 5.56 Å². The molecule has 1 N–H and O–H groups in total. The molecule has 0 spiro atoms. The first kappa shape index (κ1) is 12.5. The minimum absolute atomic E-state index is 0.0498. The van der Waals surface area contributed by atoms with E-state index >= 15 is 0 Å². The molecule has 0 saturated heterocycles. The van der Waals surface area contributed by atoms with Gasteiger partial charge in [0, 0.05) is 6.42 Å². The Hall–Kier alpha value is -1.59. The van der Waals surface area contributed by atoms with E-state index in [2.05, 4.69) is 0 Å². The molecule has 0 aliphatic carbocycles. The number of hydrogen-bond donors (Lipinski definition) is 1. The Labute approximate surface area is 88.5 Å². The summed E-state index contributed by atoms with van der Waals surface area (Å²) in [6.45, 7) is 0. The highest BCUT2D eigenvalue weighted by Crippen LogP contribution is 2.25. The lowest BCUT2D eigenvalue weighted by atomic mass is 10.1. The summed E-state index contributed by atoms with van der Waals surface area (Å²) in [5.74, 6) is -1.18. The predicted octanol–water partition coefficient (Wildman–Crippen LogP) is 2.83. The van der Waals surface area contributed by atoms with Crippen LogP contribution in [0.4, 0.5) is 17.6 Å². The third-order valence-electron chi connectivity index (χ3n) is 1.97. The summed E-state index contributed by atoms with van der Waals surface area (Å²) in [5.41, 5.74) is 0.0565. The fraction of sp³-hybridized carbons (Fsp3) is 0.300. The Morgan fingerprint density at radius 2 is 1.75 bits per heavy atom. The van der Waals surface area contributed by atoms with Gasteiger partial charge < -0.3 is 5.11 Å². The van der Waals surface area contributed by atoms with E-state index in [0.717, 1.165) is 12.1 Å². The van der Waals surface area contributed by atoms with E-state index in [0.29, 0.717) is 0 Å². The lowest BCUT2D eigenvalue weighted by Gasteiger charge is -2.11. The summed E-state index contributed by atoms with van der Waals surface area (Å²) in [5, 5.41) is 8.53. The van der Waals surface area contributed by atoms with Gasteiger partial charge in [0.2, 0.25) is 0 Å². The molecule has 1 atom stereocenters. The normalized spacial score (nSPS) is 13.5. The van der Waals surface area contributed by atoms with Crippen molar-refractivity contribution >= 4 is 5.97 Å². The lowest BCUT2D eigenvalue weighted by molar-refractivity contribution is -0.179. The fourth-order valence-electron chi connectivity index (χ4n) is 1.11. The molecule has 0 heterocycles. The average molecular weight is 236 g/mol. The zero-order valence-electron chi connectivity index (χ0n) is 7.96. The summed E-state index contributed by atoms with van der Waals surface area (Å²) in [6, 6.07) is 4.62. The van der Waals surface area contributed by atoms with E-state index < -0.39 is 24.7 Å². The average Bonchev–Trinajstić information content (AvgIpc) is 2.17. The monoisotopic (exact) mass is 236 g/mol. The number of hydrogen-bond acceptors (Lipinski definition) is 1. The molecule has 0 radical (unpaired) electrons. The molecular formula is C10H8F4O2. The van der Waals surface area contributed by atoms with Crippen molar-refractivity contribution in [2.24, 2.45) is 0 Å². The van der Waals surface area contributed by atoms with Crippen molar-refractivity contribution in [1.29, 1.82) is 0 Å². The zero-order valence-corrected chi connectivity index (χ0v) is 7.96. The van der Waals surface area contributed by atoms with Gasteiger partial charge >= 0.3 is 12.1 Å². The standard InChI is InChI=1S/C10H8F4O2/c11-8(10(12,13)14)5-6-1-3-7(4-2-6)9(15)16/h1-4,8H,5H2,(H,15,16). The van der Waals surface area contributed by atoms with Crippen LogP contribution in [0.15, 0.2) is 24.3 Å². The van der Waals surface area contributed by atoms with Crippen LogP contribution in [0.5, 0.6) is 0 Å². The Bertz CT molecular complexity index is 369. The molecule has 6 heteroatoms. The summed E-state index contributed by atoms with van der Waals surface area (Å²) < 4.78 is 48.2. The van der Waals surface area contributed by atoms with Crippen molar-refractivity contribution < 1.29 is 27.5 Å². The van der Waals surface area contributed by atoms with Crippen LogP contribution < -0.4 is 0 Å². The molecule has 1 aromatic carbocycles. The van der Waals surface area contributed by atoms with Crippen molar-refractivity contribution in [1.82, 2.24) is 0 Å². The van der Waals surface area contributed by atoms with E-state index in [1.807, 2.05) is 0 Å². The highest BCUT2D eigenvalue weighted by atomic mass is 19.4. The van der Waals surface area contributed by atoms with Crippen LogP contribution in [0.25, 0.3) is 0 Å². The summed E-state index contributed by atoms with van der Waals surface area (Å²) >= 11 is 0. The second-order valence-corrected chi connectivity index (χ2v) is 3.22. The molecule has 0 aliphatic heterocycles. The Balaban J connectivity index is 2.73. The number of halogens is 4. The molecule has 1 rings (SSSR count). The molecule has 16 heavy (non-hydrogen) atoms. The molecule has 0 amide bonds. The lowest BCUT2D eigenvalue weighted by Crippen LogP contribution is -2.26. The second-order valence-electron chi connectivity index (χ2n) is 3.22. The van der Waals surface area contributed by atoms with Crippen LogP contribution >= 0.6 is 0 Å². The van der Waals surface area contributed by atoms with E-state index in [-0.39, 0.29) is 11.1 Å². The van der Waals surface area contributed by atoms with Crippen molar-refractivity contribution in [3.8, 4) is 0 Å². The summed E-state index contributed by atoms with van der Waals surface area (Å²) in [4.78, 5) is 10.4. The smallest absolute Gasteiger partial charge is 0.419 e. The molecule has 0 saturated carbocycles. The molecule has 0 bridgehead atoms. The number of carbonyl (C=O) groups is 1. The Morgan fingerprint density at radius 3 is 2.12 bits per heavy atom. The van der Waals surface area contributed by atoms with Crippen LogP contribution in [0.1, 0.15) is 15.9 Å². The second kappa shape index (κ2) is 4.51. The summed E-state index contributed by atoms with van der Waals surface area (Å²) in [6.07, 6.45) is -8.61. The van der Waals surface area contributed by atoms with Crippen molar-refractivity contribution in [3.05, 3.63) is 35.4 Å². The van der Waals surface area contributed by atoms with E-state index in [1.54, 1.807) is 0 Å². The van der Waals surface area contributed by atoms with Gasteiger partial charge in [-0.25, -0.2) is 9.18 Å². The largest absolute Gasteiger partial charge is 0.478 e. The predicted molar refractivity (Wildman–Crippen MR) is 48.1 cm³/mol. The van der Waals surface area contributed by atoms with Crippen molar-refractivity contribution in [3.63, 3.8) is 0 Å². The van der Waals surface area contributed by atoms with Crippen LogP contribution in [0.3, 0.4) is 0 Å². The molecule has 2 nitrogen and oxygen atoms in total. The van der Waals surface area contributed by atoms with Crippen molar-refractivity contribution in [2.45, 2.75) is 18.8 Å². The first-order valence-corrected chi connectivity index (χ1v) is 4.33. The number of alkyl halides is 4. The maximum Gasteiger partial charge on any atom is 0.419 e. The number of rotatable bonds is 3. The highest BCUT2D eigenvalue weighted by molar-refractivity contribution is 5.87. The van der Waals surface area contributed by atoms with Gasteiger partial charge in [0.15, 0.2) is 6.17 Å². The topological polar surface area (TPSA) is 37.3 Å². The first-order valence-electron chi connectivity index (χ1n) is 4.33. The van der Waals surface area contributed by atoms with Gasteiger partial charge in [0.25, 0.3) is 0 Å². The number of carboxylic acids is 1. The van der Waals surface area contributed by atoms with Gasteiger partial charge in [0.1, 0.15) is 0 Å². The zero-order chi connectivity index (χ0) is 12.3. The van der Waals surface area contributed by atoms with Gasteiger partial charge in [-0.2, -0.15) is 13.2 Å². The maximum absolute atomic E-state index is 12.6. The Kier molecular flexibility index (Phi) is 3.51. The molecular weight excluding hydrogens is 228 g/mol. The highest BCUT2D eigenvalue weighted by Gasteiger charge is 2.39. The minimum Gasteiger partial charge on any atom is -0.478 e. The molecule has 0 aromatic heterocycles. The van der Waals surface area contributed by atoms with E-state index in [9.17, 15) is 22.4 Å². The third-order valence-corrected chi connectivity index (χ3v) is 1.97. The van der Waals surface area contributed by atoms with Gasteiger partial charge in [-0.3, -0.25) is 0 Å². The number of benzene rings is 1. The first-order chi connectivity index (χ1) is 7.30. The molecule has 1 unspecified atom stereocenters.